The van der Waals surface area contributed by atoms with Gasteiger partial charge in [0.05, 0.1) is 5.02 Å². The third-order valence-electron chi connectivity index (χ3n) is 3.25. The van der Waals surface area contributed by atoms with Gasteiger partial charge in [-0.3, -0.25) is 0 Å². The maximum atomic E-state index is 6.27. The van der Waals surface area contributed by atoms with E-state index in [1.807, 2.05) is 25.1 Å². The fraction of sp³-hybridized carbons (Fsp3) is 0.294. The molecule has 0 N–H and O–H groups in total. The van der Waals surface area contributed by atoms with Crippen LogP contribution in [0.5, 0.6) is 11.5 Å². The van der Waals surface area contributed by atoms with Crippen molar-refractivity contribution in [3.05, 3.63) is 58.1 Å². The van der Waals surface area contributed by atoms with Crippen LogP contribution in [0, 0.1) is 6.92 Å². The number of aryl methyl sites for hydroxylation is 1. The summed E-state index contributed by atoms with van der Waals surface area (Å²) >= 11 is 9.69. The molecule has 0 aromatic heterocycles. The first-order valence-electron chi connectivity index (χ1n) is 6.64. The number of rotatable bonds is 4. The second-order valence-corrected chi connectivity index (χ2v) is 6.15. The molecule has 0 atom stereocenters. The average Bonchev–Trinajstić information content (AvgIpc) is 2.42. The minimum absolute atomic E-state index is 0.476. The number of alkyl halides is 1. The van der Waals surface area contributed by atoms with Gasteiger partial charge in [0.15, 0.2) is 0 Å². The van der Waals surface area contributed by atoms with Gasteiger partial charge in [0.25, 0.3) is 0 Å². The summed E-state index contributed by atoms with van der Waals surface area (Å²) in [6.07, 6.45) is 0. The molecule has 106 valence electrons. The highest BCUT2D eigenvalue weighted by Crippen LogP contribution is 2.33. The van der Waals surface area contributed by atoms with E-state index in [-0.39, 0.29) is 0 Å². The van der Waals surface area contributed by atoms with Crippen molar-refractivity contribution in [2.45, 2.75) is 32.0 Å². The Balaban J connectivity index is 2.32. The number of hydrogen-bond donors (Lipinski definition) is 0. The summed E-state index contributed by atoms with van der Waals surface area (Å²) in [6, 6.07) is 12.2. The van der Waals surface area contributed by atoms with Gasteiger partial charge in [-0.1, -0.05) is 59.6 Å². The monoisotopic (exact) mass is 352 g/mol. The third kappa shape index (κ3) is 3.56. The average molecular weight is 354 g/mol. The van der Waals surface area contributed by atoms with Crippen molar-refractivity contribution in [2.75, 3.05) is 0 Å². The molecule has 2 rings (SSSR count). The van der Waals surface area contributed by atoms with E-state index >= 15 is 0 Å². The molecule has 0 fully saturated rings. The molecule has 1 nitrogen and oxygen atoms in total. The van der Waals surface area contributed by atoms with Crippen LogP contribution in [0.2, 0.25) is 5.02 Å². The Bertz CT molecular complexity index is 608. The van der Waals surface area contributed by atoms with Gasteiger partial charge in [-0.15, -0.1) is 0 Å². The highest BCUT2D eigenvalue weighted by molar-refractivity contribution is 9.08. The largest absolute Gasteiger partial charge is 0.456 e. The fourth-order valence-electron chi connectivity index (χ4n) is 1.91. The van der Waals surface area contributed by atoms with E-state index in [2.05, 4.69) is 48.0 Å². The second-order valence-electron chi connectivity index (χ2n) is 5.18. The second kappa shape index (κ2) is 6.64. The normalized spacial score (nSPS) is 10.9. The molecule has 0 bridgehead atoms. The Morgan fingerprint density at radius 3 is 2.45 bits per heavy atom. The Morgan fingerprint density at radius 1 is 1.10 bits per heavy atom. The van der Waals surface area contributed by atoms with Gasteiger partial charge in [-0.25, -0.2) is 0 Å². The quantitative estimate of drug-likeness (QED) is 0.573. The van der Waals surface area contributed by atoms with E-state index in [1.165, 1.54) is 5.56 Å². The van der Waals surface area contributed by atoms with Crippen LogP contribution < -0.4 is 4.74 Å². The lowest BCUT2D eigenvalue weighted by molar-refractivity contribution is 0.478. The summed E-state index contributed by atoms with van der Waals surface area (Å²) in [5.41, 5.74) is 3.50. The van der Waals surface area contributed by atoms with Gasteiger partial charge < -0.3 is 4.74 Å². The van der Waals surface area contributed by atoms with Crippen molar-refractivity contribution in [3.63, 3.8) is 0 Å². The molecule has 20 heavy (non-hydrogen) atoms. The Morgan fingerprint density at radius 2 is 1.85 bits per heavy atom. The molecule has 0 amide bonds. The minimum Gasteiger partial charge on any atom is -0.456 e. The first-order chi connectivity index (χ1) is 9.51. The van der Waals surface area contributed by atoms with Crippen LogP contribution in [-0.2, 0) is 5.33 Å². The van der Waals surface area contributed by atoms with E-state index in [0.29, 0.717) is 16.7 Å². The first-order valence-corrected chi connectivity index (χ1v) is 8.14. The van der Waals surface area contributed by atoms with Crippen LogP contribution in [0.1, 0.15) is 36.5 Å². The summed E-state index contributed by atoms with van der Waals surface area (Å²) in [4.78, 5) is 0. The highest BCUT2D eigenvalue weighted by atomic mass is 79.9. The Labute approximate surface area is 134 Å². The van der Waals surface area contributed by atoms with Crippen molar-refractivity contribution in [2.24, 2.45) is 0 Å². The van der Waals surface area contributed by atoms with Gasteiger partial charge >= 0.3 is 0 Å². The van der Waals surface area contributed by atoms with Crippen LogP contribution in [0.15, 0.2) is 36.4 Å². The molecule has 0 unspecified atom stereocenters. The van der Waals surface area contributed by atoms with E-state index in [1.54, 1.807) is 0 Å². The maximum Gasteiger partial charge on any atom is 0.146 e. The molecule has 0 spiro atoms. The van der Waals surface area contributed by atoms with E-state index in [0.717, 1.165) is 22.2 Å². The van der Waals surface area contributed by atoms with Crippen LogP contribution in [0.25, 0.3) is 0 Å². The molecule has 0 aliphatic heterocycles. The Kier molecular flexibility index (Phi) is 5.11. The molecule has 0 saturated heterocycles. The lowest BCUT2D eigenvalue weighted by Crippen LogP contribution is -1.93. The molecule has 3 heteroatoms. The van der Waals surface area contributed by atoms with Gasteiger partial charge in [-0.05, 0) is 47.7 Å². The molecular formula is C17H18BrClO. The minimum atomic E-state index is 0.476. The number of halogens is 2. The predicted molar refractivity (Wildman–Crippen MR) is 89.4 cm³/mol. The molecule has 0 aliphatic carbocycles. The standard InChI is InChI=1S/C17H18BrClO/c1-11(2)14-6-4-12(3)17(9-14)20-16-7-5-13(10-18)8-15(16)19/h4-9,11H,10H2,1-3H3. The van der Waals surface area contributed by atoms with E-state index in [4.69, 9.17) is 16.3 Å². The molecule has 2 aromatic rings. The maximum absolute atomic E-state index is 6.27. The van der Waals surface area contributed by atoms with Gasteiger partial charge in [0.1, 0.15) is 11.5 Å². The van der Waals surface area contributed by atoms with Crippen LogP contribution in [-0.4, -0.2) is 0 Å². The predicted octanol–water partition coefficient (Wildman–Crippen LogP) is 6.46. The fourth-order valence-corrected chi connectivity index (χ4v) is 2.50. The highest BCUT2D eigenvalue weighted by Gasteiger charge is 2.08. The number of hydrogen-bond acceptors (Lipinski definition) is 1. The molecule has 0 heterocycles. The molecule has 2 aromatic carbocycles. The van der Waals surface area contributed by atoms with Gasteiger partial charge in [0.2, 0.25) is 0 Å². The number of ether oxygens (including phenoxy) is 1. The van der Waals surface area contributed by atoms with Crippen molar-refractivity contribution in [1.29, 1.82) is 0 Å². The number of benzene rings is 2. The third-order valence-corrected chi connectivity index (χ3v) is 4.19. The van der Waals surface area contributed by atoms with Crippen LogP contribution in [0.3, 0.4) is 0 Å². The zero-order chi connectivity index (χ0) is 14.7. The van der Waals surface area contributed by atoms with E-state index < -0.39 is 0 Å². The summed E-state index contributed by atoms with van der Waals surface area (Å²) in [6.45, 7) is 6.39. The summed E-state index contributed by atoms with van der Waals surface area (Å²) in [5, 5.41) is 1.42. The first kappa shape index (κ1) is 15.4. The molecule has 0 radical (unpaired) electrons. The zero-order valence-corrected chi connectivity index (χ0v) is 14.3. The topological polar surface area (TPSA) is 9.23 Å². The summed E-state index contributed by atoms with van der Waals surface area (Å²) in [5.74, 6) is 2.04. The summed E-state index contributed by atoms with van der Waals surface area (Å²) in [7, 11) is 0. The zero-order valence-electron chi connectivity index (χ0n) is 11.9. The lowest BCUT2D eigenvalue weighted by Gasteiger charge is -2.13. The smallest absolute Gasteiger partial charge is 0.146 e. The lowest BCUT2D eigenvalue weighted by atomic mass is 10.0. The SMILES string of the molecule is Cc1ccc(C(C)C)cc1Oc1ccc(CBr)cc1Cl. The van der Waals surface area contributed by atoms with Crippen LogP contribution in [0.4, 0.5) is 0 Å². The molecular weight excluding hydrogens is 336 g/mol. The van der Waals surface area contributed by atoms with Gasteiger partial charge in [0, 0.05) is 5.33 Å². The van der Waals surface area contributed by atoms with Crippen LogP contribution >= 0.6 is 27.5 Å². The van der Waals surface area contributed by atoms with E-state index in [9.17, 15) is 0 Å². The molecule has 0 aliphatic rings. The van der Waals surface area contributed by atoms with Crippen molar-refractivity contribution < 1.29 is 4.74 Å². The van der Waals surface area contributed by atoms with Crippen molar-refractivity contribution in [3.8, 4) is 11.5 Å². The van der Waals surface area contributed by atoms with Gasteiger partial charge in [-0.2, -0.15) is 0 Å². The summed E-state index contributed by atoms with van der Waals surface area (Å²) < 4.78 is 5.98. The Hall–Kier alpha value is -0.990. The van der Waals surface area contributed by atoms with Crippen molar-refractivity contribution >= 4 is 27.5 Å². The molecule has 0 saturated carbocycles. The van der Waals surface area contributed by atoms with Crippen molar-refractivity contribution in [1.82, 2.24) is 0 Å².